The van der Waals surface area contributed by atoms with E-state index in [1.54, 1.807) is 0 Å². The van der Waals surface area contributed by atoms with Crippen LogP contribution < -0.4 is 10.3 Å². The van der Waals surface area contributed by atoms with E-state index in [4.69, 9.17) is 16.4 Å². The second-order valence-electron chi connectivity index (χ2n) is 2.77. The number of halogens is 4. The molecular formula is C8H6ClF3N2OS. The lowest BCUT2D eigenvalue weighted by Crippen LogP contribution is -2.23. The monoisotopic (exact) mass is 270 g/mol. The smallest absolute Gasteiger partial charge is 0.360 e. The van der Waals surface area contributed by atoms with Gasteiger partial charge in [-0.25, -0.2) is 10.5 Å². The molecule has 0 aliphatic rings. The normalized spacial score (nSPS) is 11.1. The van der Waals surface area contributed by atoms with Crippen LogP contribution in [0, 0.1) is 0 Å². The molecule has 0 aromatic carbocycles. The summed E-state index contributed by atoms with van der Waals surface area (Å²) in [6.45, 7) is 1.54. The Kier molecular flexibility index (Phi) is 3.93. The third-order valence-electron chi connectivity index (χ3n) is 1.43. The van der Waals surface area contributed by atoms with Gasteiger partial charge in [-0.3, -0.25) is 0 Å². The van der Waals surface area contributed by atoms with Crippen LogP contribution >= 0.6 is 23.8 Å². The molecule has 0 fully saturated rings. The molecule has 0 aliphatic carbocycles. The molecule has 0 saturated heterocycles. The molecule has 0 bridgehead atoms. The molecule has 0 saturated carbocycles. The molecule has 0 amide bonds. The van der Waals surface area contributed by atoms with Crippen LogP contribution in [0.4, 0.5) is 13.2 Å². The highest BCUT2D eigenvalue weighted by molar-refractivity contribution is 7.80. The van der Waals surface area contributed by atoms with Crippen LogP contribution in [0.2, 0.25) is 5.02 Å². The quantitative estimate of drug-likeness (QED) is 0.662. The molecule has 16 heavy (non-hydrogen) atoms. The molecule has 1 aromatic rings. The van der Waals surface area contributed by atoms with E-state index in [0.29, 0.717) is 11.2 Å². The summed E-state index contributed by atoms with van der Waals surface area (Å²) in [5, 5.41) is -0.251. The Morgan fingerprint density at radius 1 is 1.56 bits per heavy atom. The first kappa shape index (κ1) is 13.0. The summed E-state index contributed by atoms with van der Waals surface area (Å²) in [5.74, 6) is -0.168. The fraction of sp³-hybridized carbons (Fsp3) is 0.250. The SMILES string of the molecule is CC(=S)NOc1ncc(C(F)(F)F)cc1Cl. The maximum absolute atomic E-state index is 12.2. The van der Waals surface area contributed by atoms with Crippen molar-refractivity contribution in [2.45, 2.75) is 13.1 Å². The Balaban J connectivity index is 2.88. The van der Waals surface area contributed by atoms with Gasteiger partial charge in [-0.1, -0.05) is 23.8 Å². The molecule has 0 spiro atoms. The molecule has 1 N–H and O–H groups in total. The van der Waals surface area contributed by atoms with Gasteiger partial charge in [0, 0.05) is 6.20 Å². The standard InChI is InChI=1S/C8H6ClF3N2OS/c1-4(16)14-15-7-6(9)2-5(3-13-7)8(10,11)12/h2-3H,1H3,(H,14,16). The molecule has 0 atom stereocenters. The highest BCUT2D eigenvalue weighted by atomic mass is 35.5. The third-order valence-corrected chi connectivity index (χ3v) is 1.78. The van der Waals surface area contributed by atoms with Crippen LogP contribution in [-0.4, -0.2) is 9.97 Å². The Hall–Kier alpha value is -1.08. The molecule has 0 unspecified atom stereocenters. The fourth-order valence-electron chi connectivity index (χ4n) is 0.776. The highest BCUT2D eigenvalue weighted by Gasteiger charge is 2.31. The predicted octanol–water partition coefficient (Wildman–Crippen LogP) is 2.98. The second kappa shape index (κ2) is 4.84. The van der Waals surface area contributed by atoms with Crippen LogP contribution in [-0.2, 0) is 6.18 Å². The first-order valence-corrected chi connectivity index (χ1v) is 4.75. The van der Waals surface area contributed by atoms with E-state index in [1.165, 1.54) is 6.92 Å². The van der Waals surface area contributed by atoms with E-state index < -0.39 is 11.7 Å². The van der Waals surface area contributed by atoms with Gasteiger partial charge in [-0.2, -0.15) is 13.2 Å². The molecule has 1 heterocycles. The zero-order valence-corrected chi connectivity index (χ0v) is 9.50. The van der Waals surface area contributed by atoms with Gasteiger partial charge in [0.05, 0.1) is 5.56 Å². The fourth-order valence-corrected chi connectivity index (χ4v) is 1.02. The third kappa shape index (κ3) is 3.49. The summed E-state index contributed by atoms with van der Waals surface area (Å²) >= 11 is 10.2. The van der Waals surface area contributed by atoms with E-state index in [2.05, 4.69) is 22.7 Å². The number of thiocarbonyl (C=S) groups is 1. The molecule has 0 radical (unpaired) electrons. The van der Waals surface area contributed by atoms with Crippen molar-refractivity contribution in [3.63, 3.8) is 0 Å². The van der Waals surface area contributed by atoms with Crippen molar-refractivity contribution in [3.05, 3.63) is 22.8 Å². The average Bonchev–Trinajstić information content (AvgIpc) is 2.14. The molecule has 88 valence electrons. The number of hydrogen-bond donors (Lipinski definition) is 1. The first-order chi connectivity index (χ1) is 7.30. The van der Waals surface area contributed by atoms with Crippen molar-refractivity contribution in [2.75, 3.05) is 0 Å². The largest absolute Gasteiger partial charge is 0.417 e. The van der Waals surface area contributed by atoms with Gasteiger partial charge in [0.25, 0.3) is 5.88 Å². The number of rotatable bonds is 2. The first-order valence-electron chi connectivity index (χ1n) is 3.97. The summed E-state index contributed by atoms with van der Waals surface area (Å²) in [5.41, 5.74) is 1.32. The molecule has 3 nitrogen and oxygen atoms in total. The topological polar surface area (TPSA) is 34.1 Å². The van der Waals surface area contributed by atoms with Crippen molar-refractivity contribution in [1.29, 1.82) is 0 Å². The summed E-state index contributed by atoms with van der Waals surface area (Å²) in [7, 11) is 0. The van der Waals surface area contributed by atoms with Gasteiger partial charge >= 0.3 is 6.18 Å². The molecule has 0 aliphatic heterocycles. The minimum Gasteiger partial charge on any atom is -0.360 e. The van der Waals surface area contributed by atoms with E-state index in [1.807, 2.05) is 0 Å². The number of hydroxylamine groups is 1. The number of nitrogens with one attached hydrogen (secondary N) is 1. The van der Waals surface area contributed by atoms with Gasteiger partial charge in [0.2, 0.25) is 0 Å². The van der Waals surface area contributed by atoms with Gasteiger partial charge in [-0.15, -0.1) is 0 Å². The summed E-state index contributed by atoms with van der Waals surface area (Å²) in [4.78, 5) is 8.49. The van der Waals surface area contributed by atoms with Gasteiger partial charge in [0.1, 0.15) is 10.0 Å². The van der Waals surface area contributed by atoms with E-state index in [-0.39, 0.29) is 10.9 Å². The molecule has 1 aromatic heterocycles. The number of hydrogen-bond acceptors (Lipinski definition) is 3. The number of nitrogens with zero attached hydrogens (tertiary/aromatic N) is 1. The van der Waals surface area contributed by atoms with Crippen LogP contribution in [0.15, 0.2) is 12.3 Å². The summed E-state index contributed by atoms with van der Waals surface area (Å²) < 4.78 is 36.7. The van der Waals surface area contributed by atoms with E-state index in [9.17, 15) is 13.2 Å². The number of alkyl halides is 3. The van der Waals surface area contributed by atoms with E-state index >= 15 is 0 Å². The summed E-state index contributed by atoms with van der Waals surface area (Å²) in [6.07, 6.45) is -3.86. The van der Waals surface area contributed by atoms with Gasteiger partial charge in [-0.05, 0) is 13.0 Å². The Morgan fingerprint density at radius 2 is 2.19 bits per heavy atom. The van der Waals surface area contributed by atoms with Crippen LogP contribution in [0.25, 0.3) is 0 Å². The highest BCUT2D eigenvalue weighted by Crippen LogP contribution is 2.32. The van der Waals surface area contributed by atoms with Crippen molar-refractivity contribution in [2.24, 2.45) is 0 Å². The predicted molar refractivity (Wildman–Crippen MR) is 56.3 cm³/mol. The maximum Gasteiger partial charge on any atom is 0.417 e. The van der Waals surface area contributed by atoms with Crippen LogP contribution in [0.3, 0.4) is 0 Å². The number of pyridine rings is 1. The zero-order valence-electron chi connectivity index (χ0n) is 7.93. The lowest BCUT2D eigenvalue weighted by Gasteiger charge is -2.09. The number of aromatic nitrogens is 1. The van der Waals surface area contributed by atoms with E-state index in [0.717, 1.165) is 6.07 Å². The minimum atomic E-state index is -4.48. The minimum absolute atomic E-state index is 0.168. The lowest BCUT2D eigenvalue weighted by molar-refractivity contribution is -0.137. The Morgan fingerprint density at radius 3 is 2.62 bits per heavy atom. The molecule has 8 heteroatoms. The van der Waals surface area contributed by atoms with Gasteiger partial charge in [0.15, 0.2) is 0 Å². The van der Waals surface area contributed by atoms with Crippen molar-refractivity contribution in [1.82, 2.24) is 10.5 Å². The molecular weight excluding hydrogens is 265 g/mol. The Bertz CT molecular complexity index is 411. The van der Waals surface area contributed by atoms with Crippen molar-refractivity contribution < 1.29 is 18.0 Å². The second-order valence-corrected chi connectivity index (χ2v) is 3.79. The maximum atomic E-state index is 12.2. The van der Waals surface area contributed by atoms with Crippen molar-refractivity contribution >= 4 is 28.8 Å². The Labute approximate surface area is 99.5 Å². The zero-order chi connectivity index (χ0) is 12.3. The lowest BCUT2D eigenvalue weighted by atomic mass is 10.3. The molecule has 1 rings (SSSR count). The van der Waals surface area contributed by atoms with Gasteiger partial charge < -0.3 is 4.84 Å². The average molecular weight is 271 g/mol. The van der Waals surface area contributed by atoms with Crippen LogP contribution in [0.1, 0.15) is 12.5 Å². The summed E-state index contributed by atoms with van der Waals surface area (Å²) in [6, 6.07) is 0.726. The van der Waals surface area contributed by atoms with Crippen molar-refractivity contribution in [3.8, 4) is 5.88 Å². The van der Waals surface area contributed by atoms with Crippen LogP contribution in [0.5, 0.6) is 5.88 Å².